The highest BCUT2D eigenvalue weighted by molar-refractivity contribution is 6.30. The molecule has 3 aliphatic rings. The third-order valence-electron chi connectivity index (χ3n) is 8.69. The van der Waals surface area contributed by atoms with Crippen LogP contribution in [0.25, 0.3) is 5.57 Å². The van der Waals surface area contributed by atoms with Crippen LogP contribution in [0, 0.1) is 5.41 Å². The van der Waals surface area contributed by atoms with Crippen molar-refractivity contribution in [1.82, 2.24) is 9.80 Å². The molecule has 0 saturated carbocycles. The summed E-state index contributed by atoms with van der Waals surface area (Å²) in [5.41, 5.74) is 18.1. The molecule has 1 amide bonds. The van der Waals surface area contributed by atoms with E-state index in [0.29, 0.717) is 11.6 Å². The van der Waals surface area contributed by atoms with E-state index in [0.717, 1.165) is 75.8 Å². The van der Waals surface area contributed by atoms with E-state index in [1.165, 1.54) is 30.5 Å². The minimum Gasteiger partial charge on any atom is -0.369 e. The summed E-state index contributed by atoms with van der Waals surface area (Å²) in [7, 11) is 0. The number of hydrogen-bond donors (Lipinski definition) is 2. The summed E-state index contributed by atoms with van der Waals surface area (Å²) >= 11 is 6.23. The van der Waals surface area contributed by atoms with Crippen molar-refractivity contribution in [3.8, 4) is 0 Å². The molecule has 2 saturated heterocycles. The average Bonchev–Trinajstić information content (AvgIpc) is 2.90. The highest BCUT2D eigenvalue weighted by atomic mass is 35.5. The second-order valence-electron chi connectivity index (χ2n) is 11.9. The molecule has 7 heteroatoms. The third kappa shape index (κ3) is 6.60. The smallest absolute Gasteiger partial charge is 0.248 e. The van der Waals surface area contributed by atoms with Crippen molar-refractivity contribution >= 4 is 28.8 Å². The monoisotopic (exact) mass is 535 g/mol. The second kappa shape index (κ2) is 11.8. The first kappa shape index (κ1) is 27.2. The van der Waals surface area contributed by atoms with Gasteiger partial charge in [0.25, 0.3) is 0 Å². The van der Waals surface area contributed by atoms with E-state index >= 15 is 0 Å². The molecule has 204 valence electrons. The number of allylic oxidation sites excluding steroid dienone is 1. The largest absolute Gasteiger partial charge is 0.369 e. The van der Waals surface area contributed by atoms with Gasteiger partial charge in [0.15, 0.2) is 0 Å². The quantitative estimate of drug-likeness (QED) is 0.540. The number of likely N-dealkylation sites (tertiary alicyclic amines) is 1. The van der Waals surface area contributed by atoms with E-state index in [1.54, 1.807) is 5.57 Å². The molecule has 5 rings (SSSR count). The Morgan fingerprint density at radius 3 is 2.37 bits per heavy atom. The van der Waals surface area contributed by atoms with E-state index < -0.39 is 0 Å². The highest BCUT2D eigenvalue weighted by Gasteiger charge is 2.35. The molecule has 2 atom stereocenters. The van der Waals surface area contributed by atoms with Crippen molar-refractivity contribution in [3.05, 3.63) is 70.3 Å². The van der Waals surface area contributed by atoms with Gasteiger partial charge in [0.05, 0.1) is 0 Å². The van der Waals surface area contributed by atoms with E-state index in [-0.39, 0.29) is 11.3 Å². The zero-order valence-electron chi connectivity index (χ0n) is 22.7. The van der Waals surface area contributed by atoms with Gasteiger partial charge in [-0.15, -0.1) is 0 Å². The molecular formula is C31H42ClN5O. The lowest BCUT2D eigenvalue weighted by Crippen LogP contribution is -2.49. The van der Waals surface area contributed by atoms with Crippen molar-refractivity contribution < 1.29 is 4.79 Å². The van der Waals surface area contributed by atoms with Crippen molar-refractivity contribution in [1.29, 1.82) is 0 Å². The van der Waals surface area contributed by atoms with E-state index in [2.05, 4.69) is 33.8 Å². The summed E-state index contributed by atoms with van der Waals surface area (Å²) in [6.07, 6.45) is 5.81. The first-order valence-electron chi connectivity index (χ1n) is 14.1. The van der Waals surface area contributed by atoms with Crippen LogP contribution in [0.4, 0.5) is 5.69 Å². The zero-order chi connectivity index (χ0) is 26.7. The lowest BCUT2D eigenvalue weighted by atomic mass is 9.71. The average molecular weight is 536 g/mol. The maximum atomic E-state index is 11.4. The van der Waals surface area contributed by atoms with Crippen LogP contribution in [-0.4, -0.2) is 74.1 Å². The van der Waals surface area contributed by atoms with Crippen LogP contribution < -0.4 is 16.4 Å². The van der Waals surface area contributed by atoms with Gasteiger partial charge in [-0.3, -0.25) is 9.69 Å². The molecule has 0 aromatic heterocycles. The topological polar surface area (TPSA) is 78.8 Å². The molecule has 2 heterocycles. The third-order valence-corrected chi connectivity index (χ3v) is 8.94. The second-order valence-corrected chi connectivity index (χ2v) is 12.3. The van der Waals surface area contributed by atoms with Crippen LogP contribution in [0.1, 0.15) is 54.9 Å². The maximum absolute atomic E-state index is 11.4. The summed E-state index contributed by atoms with van der Waals surface area (Å²) in [4.78, 5) is 19.0. The van der Waals surface area contributed by atoms with Gasteiger partial charge < -0.3 is 21.3 Å². The number of nitrogens with two attached hydrogens (primary N) is 2. The van der Waals surface area contributed by atoms with E-state index in [4.69, 9.17) is 23.1 Å². The van der Waals surface area contributed by atoms with Gasteiger partial charge in [-0.05, 0) is 91.6 Å². The Labute approximate surface area is 232 Å². The number of anilines is 1. The number of nitrogens with zero attached hydrogens (tertiary/aromatic N) is 3. The number of piperazine rings is 1. The van der Waals surface area contributed by atoms with E-state index in [9.17, 15) is 4.79 Å². The number of benzene rings is 2. The minimum absolute atomic E-state index is 0.270. The van der Waals surface area contributed by atoms with Crippen LogP contribution in [0.2, 0.25) is 5.02 Å². The first-order chi connectivity index (χ1) is 18.3. The van der Waals surface area contributed by atoms with Crippen LogP contribution >= 0.6 is 11.6 Å². The lowest BCUT2D eigenvalue weighted by molar-refractivity contribution is 0.100. The van der Waals surface area contributed by atoms with Crippen molar-refractivity contribution in [2.75, 3.05) is 57.3 Å². The Bertz CT molecular complexity index is 1140. The van der Waals surface area contributed by atoms with Gasteiger partial charge in [0.1, 0.15) is 0 Å². The number of hydrogen-bond acceptors (Lipinski definition) is 5. The number of carbonyl (C=O) groups is 1. The first-order valence-corrected chi connectivity index (χ1v) is 14.5. The Kier molecular flexibility index (Phi) is 8.44. The maximum Gasteiger partial charge on any atom is 0.248 e. The number of rotatable bonds is 7. The number of primary amides is 1. The van der Waals surface area contributed by atoms with Gasteiger partial charge >= 0.3 is 0 Å². The molecule has 0 radical (unpaired) electrons. The number of piperidine rings is 1. The molecule has 0 spiro atoms. The van der Waals surface area contributed by atoms with Gasteiger partial charge in [0, 0.05) is 68.1 Å². The molecule has 4 N–H and O–H groups in total. The van der Waals surface area contributed by atoms with Gasteiger partial charge in [-0.25, -0.2) is 0 Å². The summed E-state index contributed by atoms with van der Waals surface area (Å²) in [6, 6.07) is 16.4. The molecule has 0 bridgehead atoms. The lowest BCUT2D eigenvalue weighted by Gasteiger charge is -2.44. The van der Waals surface area contributed by atoms with E-state index in [1.807, 2.05) is 36.4 Å². The Balaban J connectivity index is 1.29. The van der Waals surface area contributed by atoms with Gasteiger partial charge in [-0.1, -0.05) is 36.2 Å². The van der Waals surface area contributed by atoms with Crippen molar-refractivity contribution in [2.24, 2.45) is 16.9 Å². The van der Waals surface area contributed by atoms with Crippen LogP contribution in [0.3, 0.4) is 0 Å². The summed E-state index contributed by atoms with van der Waals surface area (Å²) in [6.45, 7) is 10.8. The van der Waals surface area contributed by atoms with Crippen molar-refractivity contribution in [2.45, 2.75) is 45.1 Å². The molecule has 2 aromatic carbocycles. The molecule has 2 unspecified atom stereocenters. The number of amides is 1. The fourth-order valence-corrected chi connectivity index (χ4v) is 6.77. The van der Waals surface area contributed by atoms with Crippen LogP contribution in [-0.2, 0) is 0 Å². The molecule has 6 nitrogen and oxygen atoms in total. The number of halogens is 1. The van der Waals surface area contributed by atoms with Crippen LogP contribution in [0.15, 0.2) is 54.1 Å². The normalized spacial score (nSPS) is 25.6. The summed E-state index contributed by atoms with van der Waals surface area (Å²) in [5, 5.41) is 0.790. The highest BCUT2D eigenvalue weighted by Crippen LogP contribution is 2.44. The van der Waals surface area contributed by atoms with Crippen molar-refractivity contribution in [3.63, 3.8) is 0 Å². The predicted molar refractivity (Wildman–Crippen MR) is 158 cm³/mol. The standard InChI is InChI=1S/C31H42ClN5O/c1-31(22-36-14-2-3-27(33)21-36)13-12-29(23-4-8-26(32)9-5-23)25(19-31)20-35-15-17-37(18-16-35)28-10-6-24(7-11-28)30(34)38/h4-11,27H,2-3,12-22,33H2,1H3,(H2,34,38). The molecule has 2 fully saturated rings. The molecule has 2 aliphatic heterocycles. The fraction of sp³-hybridized carbons (Fsp3) is 0.516. The summed E-state index contributed by atoms with van der Waals surface area (Å²) < 4.78 is 0. The minimum atomic E-state index is -0.381. The molecular weight excluding hydrogens is 494 g/mol. The number of carbonyl (C=O) groups excluding carboxylic acids is 1. The fourth-order valence-electron chi connectivity index (χ4n) is 6.64. The zero-order valence-corrected chi connectivity index (χ0v) is 23.4. The molecule has 38 heavy (non-hydrogen) atoms. The summed E-state index contributed by atoms with van der Waals surface area (Å²) in [5.74, 6) is -0.381. The Morgan fingerprint density at radius 2 is 1.71 bits per heavy atom. The molecule has 1 aliphatic carbocycles. The predicted octanol–water partition coefficient (Wildman–Crippen LogP) is 4.63. The van der Waals surface area contributed by atoms with Gasteiger partial charge in [0.2, 0.25) is 5.91 Å². The Morgan fingerprint density at radius 1 is 1.00 bits per heavy atom. The SMILES string of the molecule is CC1(CN2CCCC(N)C2)CCC(c2ccc(Cl)cc2)=C(CN2CCN(c3ccc(C(N)=O)cc3)CC2)C1. The Hall–Kier alpha value is -2.38. The van der Waals surface area contributed by atoms with Crippen LogP contribution in [0.5, 0.6) is 0 Å². The van der Waals surface area contributed by atoms with Gasteiger partial charge in [-0.2, -0.15) is 0 Å². The molecule has 2 aromatic rings.